The Morgan fingerprint density at radius 1 is 0.500 bits per heavy atom. The van der Waals surface area contributed by atoms with Crippen LogP contribution in [0.4, 0.5) is 0 Å². The third-order valence-corrected chi connectivity index (χ3v) is 11.3. The summed E-state index contributed by atoms with van der Waals surface area (Å²) >= 11 is 4.25. The lowest BCUT2D eigenvalue weighted by atomic mass is 10.2. The van der Waals surface area contributed by atoms with Crippen LogP contribution in [0.25, 0.3) is 0 Å². The van der Waals surface area contributed by atoms with Gasteiger partial charge in [0.05, 0.1) is 17.6 Å². The Morgan fingerprint density at radius 3 is 0.938 bits per heavy atom. The van der Waals surface area contributed by atoms with Crippen molar-refractivity contribution in [2.75, 3.05) is 34.9 Å². The van der Waals surface area contributed by atoms with Crippen molar-refractivity contribution in [2.45, 2.75) is 74.8 Å². The predicted octanol–water partition coefficient (Wildman–Crippen LogP) is -2.25. The molecule has 264 valence electrons. The lowest BCUT2D eigenvalue weighted by Crippen LogP contribution is -2.49. The van der Waals surface area contributed by atoms with Gasteiger partial charge in [0.1, 0.15) is 36.3 Å². The lowest BCUT2D eigenvalue weighted by molar-refractivity contribution is -0.148. The molecule has 6 aliphatic heterocycles. The van der Waals surface area contributed by atoms with Crippen LogP contribution in [0.5, 0.6) is 0 Å². The smallest absolute Gasteiger partial charge is 0.327 e. The zero-order valence-corrected chi connectivity index (χ0v) is 28.0. The fourth-order valence-corrected chi connectivity index (χ4v) is 9.06. The van der Waals surface area contributed by atoms with Gasteiger partial charge in [0.25, 0.3) is 0 Å². The van der Waals surface area contributed by atoms with E-state index in [0.717, 1.165) is 0 Å². The predicted molar refractivity (Wildman–Crippen MR) is 170 cm³/mol. The summed E-state index contributed by atoms with van der Waals surface area (Å²) in [7, 11) is 0. The van der Waals surface area contributed by atoms with Crippen LogP contribution in [0.2, 0.25) is 0 Å². The van der Waals surface area contributed by atoms with Crippen LogP contribution in [-0.2, 0) is 43.2 Å². The average molecular weight is 733 g/mol. The summed E-state index contributed by atoms with van der Waals surface area (Å²) in [4.78, 5) is 105. The van der Waals surface area contributed by atoms with Gasteiger partial charge in [-0.05, 0) is 19.3 Å². The van der Waals surface area contributed by atoms with Crippen LogP contribution in [0.15, 0.2) is 0 Å². The fraction of sp³-hybridized carbons (Fsp3) is 0.667. The highest BCUT2D eigenvalue weighted by Crippen LogP contribution is 2.25. The highest BCUT2D eigenvalue weighted by atomic mass is 32.2. The summed E-state index contributed by atoms with van der Waals surface area (Å²) in [6.07, 6.45) is 2.42. The van der Waals surface area contributed by atoms with Gasteiger partial charge >= 0.3 is 17.9 Å². The Labute approximate surface area is 286 Å². The maximum absolute atomic E-state index is 11.9. The third kappa shape index (κ3) is 9.04. The summed E-state index contributed by atoms with van der Waals surface area (Å²) in [5.74, 6) is -1.77. The molecule has 6 N–H and O–H groups in total. The number of carboxylic acid groups (broad SMARTS) is 3. The van der Waals surface area contributed by atoms with Crippen molar-refractivity contribution in [3.8, 4) is 0 Å². The SMILES string of the molecule is O=C1CC[C@@H](C(=O)N2CSC[C@H]2C(=O)O)N1.O=C1CC[C@@H](C(=O)N2CSC[C@H]2C(=O)O)N1.O=C1CC[C@@H](C(=O)N2CSC[C@H]2C(=O)O)N1. The van der Waals surface area contributed by atoms with Crippen LogP contribution >= 0.6 is 35.3 Å². The van der Waals surface area contributed by atoms with E-state index in [1.54, 1.807) is 0 Å². The maximum Gasteiger partial charge on any atom is 0.327 e. The molecular weight excluding hydrogens is 697 g/mol. The van der Waals surface area contributed by atoms with Gasteiger partial charge in [-0.25, -0.2) is 14.4 Å². The Hall–Kier alpha value is -3.72. The molecule has 21 heteroatoms. The van der Waals surface area contributed by atoms with E-state index in [-0.39, 0.29) is 35.4 Å². The van der Waals surface area contributed by atoms with Gasteiger partial charge in [0, 0.05) is 36.5 Å². The normalized spacial score (nSPS) is 29.2. The van der Waals surface area contributed by atoms with Gasteiger partial charge in [-0.1, -0.05) is 0 Å². The number of hydrogen-bond acceptors (Lipinski definition) is 12. The molecule has 6 rings (SSSR count). The Morgan fingerprint density at radius 2 is 0.750 bits per heavy atom. The van der Waals surface area contributed by atoms with Crippen molar-refractivity contribution in [3.63, 3.8) is 0 Å². The standard InChI is InChI=1S/3C9H12N2O4S/c3*12-7-2-1-5(10-7)8(13)11-4-16-3-6(11)9(14)15/h3*5-6H,1-4H2,(H,10,12)(H,14,15)/t3*5-,6-/m000/s1. The first-order valence-corrected chi connectivity index (χ1v) is 18.5. The highest BCUT2D eigenvalue weighted by molar-refractivity contribution is 8.00. The zero-order valence-electron chi connectivity index (χ0n) is 25.5. The van der Waals surface area contributed by atoms with Gasteiger partial charge in [0.15, 0.2) is 0 Å². The molecule has 0 aromatic rings. The first kappa shape index (κ1) is 37.1. The van der Waals surface area contributed by atoms with Gasteiger partial charge in [-0.3, -0.25) is 28.8 Å². The monoisotopic (exact) mass is 732 g/mol. The number of nitrogens with one attached hydrogen (secondary N) is 3. The fourth-order valence-electron chi connectivity index (χ4n) is 5.59. The van der Waals surface area contributed by atoms with E-state index < -0.39 is 54.2 Å². The van der Waals surface area contributed by atoms with Crippen molar-refractivity contribution in [1.82, 2.24) is 30.7 Å². The van der Waals surface area contributed by atoms with Crippen molar-refractivity contribution < 1.29 is 58.5 Å². The molecule has 0 radical (unpaired) electrons. The second kappa shape index (κ2) is 16.6. The third-order valence-electron chi connectivity index (χ3n) is 8.23. The minimum Gasteiger partial charge on any atom is -0.480 e. The molecule has 0 saturated carbocycles. The Kier molecular flexibility index (Phi) is 12.8. The number of carbonyl (C=O) groups is 9. The molecule has 6 saturated heterocycles. The summed E-state index contributed by atoms with van der Waals surface area (Å²) in [6, 6.07) is -3.87. The molecule has 0 spiro atoms. The molecule has 6 heterocycles. The minimum atomic E-state index is -0.984. The molecule has 6 fully saturated rings. The number of amides is 6. The number of nitrogens with zero attached hydrogens (tertiary/aromatic N) is 3. The largest absolute Gasteiger partial charge is 0.480 e. The van der Waals surface area contributed by atoms with Crippen molar-refractivity contribution >= 4 is 88.6 Å². The number of carbonyl (C=O) groups excluding carboxylic acids is 6. The van der Waals surface area contributed by atoms with E-state index >= 15 is 0 Å². The van der Waals surface area contributed by atoms with Crippen molar-refractivity contribution in [3.05, 3.63) is 0 Å². The summed E-state index contributed by atoms with van der Waals surface area (Å²) in [6.45, 7) is 0. The second-order valence-electron chi connectivity index (χ2n) is 11.5. The van der Waals surface area contributed by atoms with Crippen LogP contribution in [0.1, 0.15) is 38.5 Å². The second-order valence-corrected chi connectivity index (χ2v) is 14.5. The topological polar surface area (TPSA) is 260 Å². The molecule has 0 bridgehead atoms. The summed E-state index contributed by atoms with van der Waals surface area (Å²) in [5, 5.41) is 34.5. The van der Waals surface area contributed by atoms with Crippen molar-refractivity contribution in [2.24, 2.45) is 0 Å². The molecule has 6 amide bonds. The Bertz CT molecular complexity index is 1200. The van der Waals surface area contributed by atoms with Gasteiger partial charge in [-0.15, -0.1) is 35.3 Å². The molecule has 6 atom stereocenters. The Balaban J connectivity index is 0.000000163. The van der Waals surface area contributed by atoms with Gasteiger partial charge < -0.3 is 46.0 Å². The van der Waals surface area contributed by atoms with Gasteiger partial charge in [-0.2, -0.15) is 0 Å². The van der Waals surface area contributed by atoms with Crippen LogP contribution in [0, 0.1) is 0 Å². The van der Waals surface area contributed by atoms with E-state index in [1.165, 1.54) is 50.0 Å². The quantitative estimate of drug-likeness (QED) is 0.169. The number of carboxylic acids is 3. The van der Waals surface area contributed by atoms with Crippen LogP contribution < -0.4 is 16.0 Å². The maximum atomic E-state index is 11.9. The number of thioether (sulfide) groups is 3. The molecule has 6 aliphatic rings. The molecule has 0 unspecified atom stereocenters. The number of hydrogen-bond donors (Lipinski definition) is 6. The van der Waals surface area contributed by atoms with E-state index in [1.807, 2.05) is 0 Å². The van der Waals surface area contributed by atoms with E-state index in [9.17, 15) is 43.2 Å². The first-order valence-electron chi connectivity index (χ1n) is 15.0. The van der Waals surface area contributed by atoms with E-state index in [2.05, 4.69) is 16.0 Å². The number of rotatable bonds is 6. The minimum absolute atomic E-state index is 0.142. The van der Waals surface area contributed by atoms with E-state index in [4.69, 9.17) is 15.3 Å². The van der Waals surface area contributed by atoms with Gasteiger partial charge in [0.2, 0.25) is 35.4 Å². The van der Waals surface area contributed by atoms with E-state index in [0.29, 0.717) is 73.4 Å². The highest BCUT2D eigenvalue weighted by Gasteiger charge is 2.42. The first-order chi connectivity index (χ1) is 22.8. The molecule has 0 aromatic carbocycles. The molecule has 48 heavy (non-hydrogen) atoms. The molecule has 0 aromatic heterocycles. The number of aliphatic carboxylic acids is 3. The summed E-state index contributed by atoms with van der Waals surface area (Å²) in [5.41, 5.74) is 0. The van der Waals surface area contributed by atoms with Crippen molar-refractivity contribution in [1.29, 1.82) is 0 Å². The van der Waals surface area contributed by atoms with Crippen LogP contribution in [0.3, 0.4) is 0 Å². The molecule has 0 aliphatic carbocycles. The average Bonchev–Trinajstić information content (AvgIpc) is 3.88. The van der Waals surface area contributed by atoms with Crippen LogP contribution in [-0.4, -0.2) is 155 Å². The molecular formula is C27H36N6O12S3. The summed E-state index contributed by atoms with van der Waals surface area (Å²) < 4.78 is 0. The molecule has 18 nitrogen and oxygen atoms in total. The zero-order chi connectivity index (χ0) is 35.1. The lowest BCUT2D eigenvalue weighted by Gasteiger charge is -2.23.